The molecule has 1 aromatic rings. The summed E-state index contributed by atoms with van der Waals surface area (Å²) in [5, 5.41) is 3.35. The Morgan fingerprint density at radius 2 is 2.00 bits per heavy atom. The number of anilines is 2. The van der Waals surface area contributed by atoms with Gasteiger partial charge in [0.05, 0.1) is 5.69 Å². The highest BCUT2D eigenvalue weighted by Crippen LogP contribution is 2.33. The topological polar surface area (TPSA) is 82.8 Å². The third-order valence-corrected chi connectivity index (χ3v) is 2.96. The van der Waals surface area contributed by atoms with Crippen LogP contribution in [0.5, 0.6) is 0 Å². The summed E-state index contributed by atoms with van der Waals surface area (Å²) in [6.07, 6.45) is 1.66. The average molecular weight is 263 g/mol. The van der Waals surface area contributed by atoms with Crippen molar-refractivity contribution in [1.82, 2.24) is 9.99 Å². The SMILES string of the molecule is CCN1C(=O)N(CC(N)=O)c2cccnc2N1CC. The molecule has 7 heteroatoms. The van der Waals surface area contributed by atoms with Crippen molar-refractivity contribution in [2.24, 2.45) is 5.73 Å². The fourth-order valence-corrected chi connectivity index (χ4v) is 2.19. The van der Waals surface area contributed by atoms with Crippen molar-refractivity contribution in [3.63, 3.8) is 0 Å². The number of nitrogens with two attached hydrogens (primary N) is 1. The molecule has 0 fully saturated rings. The van der Waals surface area contributed by atoms with Gasteiger partial charge in [-0.15, -0.1) is 0 Å². The number of amides is 3. The maximum atomic E-state index is 12.4. The minimum Gasteiger partial charge on any atom is -0.368 e. The lowest BCUT2D eigenvalue weighted by molar-refractivity contribution is -0.116. The second-order valence-electron chi connectivity index (χ2n) is 4.11. The molecule has 1 aliphatic rings. The number of carbonyl (C=O) groups excluding carboxylic acids is 2. The first kappa shape index (κ1) is 13.1. The lowest BCUT2D eigenvalue weighted by Gasteiger charge is -2.43. The summed E-state index contributed by atoms with van der Waals surface area (Å²) in [7, 11) is 0. The van der Waals surface area contributed by atoms with Crippen molar-refractivity contribution >= 4 is 23.4 Å². The molecule has 0 atom stereocenters. The molecule has 2 N–H and O–H groups in total. The van der Waals surface area contributed by atoms with Gasteiger partial charge in [-0.1, -0.05) is 0 Å². The summed E-state index contributed by atoms with van der Waals surface area (Å²) in [4.78, 5) is 29.2. The quantitative estimate of drug-likeness (QED) is 0.861. The van der Waals surface area contributed by atoms with Crippen LogP contribution in [0.4, 0.5) is 16.3 Å². The molecule has 0 spiro atoms. The first-order chi connectivity index (χ1) is 9.10. The van der Waals surface area contributed by atoms with E-state index in [1.807, 2.05) is 13.8 Å². The number of nitrogens with zero attached hydrogens (tertiary/aromatic N) is 4. The zero-order valence-corrected chi connectivity index (χ0v) is 11.0. The normalized spacial score (nSPS) is 14.6. The van der Waals surface area contributed by atoms with Gasteiger partial charge in [-0.3, -0.25) is 14.7 Å². The van der Waals surface area contributed by atoms with Crippen molar-refractivity contribution in [3.05, 3.63) is 18.3 Å². The van der Waals surface area contributed by atoms with Crippen LogP contribution in [-0.4, -0.2) is 41.6 Å². The predicted octanol–water partition coefficient (Wildman–Crippen LogP) is 0.570. The molecule has 0 saturated carbocycles. The van der Waals surface area contributed by atoms with Crippen LogP contribution in [0.3, 0.4) is 0 Å². The smallest absolute Gasteiger partial charge is 0.343 e. The van der Waals surface area contributed by atoms with Crippen molar-refractivity contribution in [3.8, 4) is 0 Å². The van der Waals surface area contributed by atoms with Gasteiger partial charge in [0.2, 0.25) is 5.91 Å². The second kappa shape index (κ2) is 5.13. The number of pyridine rings is 1. The van der Waals surface area contributed by atoms with Crippen LogP contribution in [0.15, 0.2) is 18.3 Å². The van der Waals surface area contributed by atoms with Crippen LogP contribution in [0.1, 0.15) is 13.8 Å². The Labute approximate surface area is 111 Å². The van der Waals surface area contributed by atoms with Crippen LogP contribution < -0.4 is 15.6 Å². The first-order valence-corrected chi connectivity index (χ1v) is 6.19. The van der Waals surface area contributed by atoms with Gasteiger partial charge in [0.1, 0.15) is 6.54 Å². The molecule has 1 aliphatic heterocycles. The highest BCUT2D eigenvalue weighted by Gasteiger charge is 2.35. The predicted molar refractivity (Wildman–Crippen MR) is 71.6 cm³/mol. The third-order valence-electron chi connectivity index (χ3n) is 2.96. The maximum Gasteiger partial charge on any atom is 0.343 e. The molecular formula is C12H17N5O2. The first-order valence-electron chi connectivity index (χ1n) is 6.19. The zero-order chi connectivity index (χ0) is 14.0. The molecule has 2 heterocycles. The lowest BCUT2D eigenvalue weighted by atomic mass is 10.3. The van der Waals surface area contributed by atoms with Crippen molar-refractivity contribution in [1.29, 1.82) is 0 Å². The lowest BCUT2D eigenvalue weighted by Crippen LogP contribution is -2.58. The number of primary amides is 1. The Morgan fingerprint density at radius 3 is 2.58 bits per heavy atom. The number of aromatic nitrogens is 1. The van der Waals surface area contributed by atoms with Gasteiger partial charge >= 0.3 is 6.03 Å². The van der Waals surface area contributed by atoms with E-state index in [4.69, 9.17) is 5.73 Å². The minimum atomic E-state index is -0.552. The van der Waals surface area contributed by atoms with Gasteiger partial charge in [-0.05, 0) is 26.0 Å². The number of hydrogen-bond acceptors (Lipinski definition) is 4. The standard InChI is InChI=1S/C12H17N5O2/c1-3-16-11-9(6-5-7-14-11)15(8-10(13)18)12(19)17(16)4-2/h5-7H,3-4,8H2,1-2H3,(H2,13,18). The van der Waals surface area contributed by atoms with E-state index in [0.29, 0.717) is 24.6 Å². The van der Waals surface area contributed by atoms with Crippen LogP contribution in [-0.2, 0) is 4.79 Å². The Balaban J connectivity index is 2.51. The van der Waals surface area contributed by atoms with Gasteiger partial charge in [0, 0.05) is 19.3 Å². The molecule has 0 radical (unpaired) electrons. The van der Waals surface area contributed by atoms with Gasteiger partial charge in [0.15, 0.2) is 5.82 Å². The number of fused-ring (bicyclic) bond motifs is 1. The van der Waals surface area contributed by atoms with E-state index in [2.05, 4.69) is 4.98 Å². The van der Waals surface area contributed by atoms with Crippen molar-refractivity contribution < 1.29 is 9.59 Å². The Kier molecular flexibility index (Phi) is 3.55. The number of rotatable bonds is 4. The maximum absolute atomic E-state index is 12.4. The van der Waals surface area contributed by atoms with E-state index in [-0.39, 0.29) is 12.6 Å². The Bertz CT molecular complexity index is 505. The molecule has 0 aromatic carbocycles. The summed E-state index contributed by atoms with van der Waals surface area (Å²) >= 11 is 0. The van der Waals surface area contributed by atoms with E-state index in [9.17, 15) is 9.59 Å². The van der Waals surface area contributed by atoms with E-state index in [1.165, 1.54) is 4.90 Å². The number of carbonyl (C=O) groups is 2. The van der Waals surface area contributed by atoms with Gasteiger partial charge in [0.25, 0.3) is 0 Å². The molecule has 0 saturated heterocycles. The number of urea groups is 1. The second-order valence-corrected chi connectivity index (χ2v) is 4.11. The summed E-state index contributed by atoms with van der Waals surface area (Å²) in [5.41, 5.74) is 5.82. The van der Waals surface area contributed by atoms with Gasteiger partial charge in [-0.2, -0.15) is 0 Å². The van der Waals surface area contributed by atoms with E-state index in [1.54, 1.807) is 28.3 Å². The summed E-state index contributed by atoms with van der Waals surface area (Å²) in [6.45, 7) is 4.78. The van der Waals surface area contributed by atoms with Crippen LogP contribution in [0, 0.1) is 0 Å². The van der Waals surface area contributed by atoms with E-state index >= 15 is 0 Å². The van der Waals surface area contributed by atoms with Crippen molar-refractivity contribution in [2.45, 2.75) is 13.8 Å². The number of hydrogen-bond donors (Lipinski definition) is 1. The summed E-state index contributed by atoms with van der Waals surface area (Å²) in [6, 6.07) is 3.23. The summed E-state index contributed by atoms with van der Waals surface area (Å²) in [5.74, 6) is 0.108. The third kappa shape index (κ3) is 2.18. The van der Waals surface area contributed by atoms with Gasteiger partial charge < -0.3 is 5.73 Å². The van der Waals surface area contributed by atoms with Crippen LogP contribution in [0.2, 0.25) is 0 Å². The molecule has 19 heavy (non-hydrogen) atoms. The molecule has 0 bridgehead atoms. The minimum absolute atomic E-state index is 0.147. The van der Waals surface area contributed by atoms with Crippen LogP contribution in [0.25, 0.3) is 0 Å². The summed E-state index contributed by atoms with van der Waals surface area (Å²) < 4.78 is 0. The molecule has 1 aromatic heterocycles. The van der Waals surface area contributed by atoms with Crippen LogP contribution >= 0.6 is 0 Å². The van der Waals surface area contributed by atoms with E-state index in [0.717, 1.165) is 0 Å². The van der Waals surface area contributed by atoms with E-state index < -0.39 is 5.91 Å². The van der Waals surface area contributed by atoms with Crippen molar-refractivity contribution in [2.75, 3.05) is 29.5 Å². The average Bonchev–Trinajstić information content (AvgIpc) is 2.40. The molecular weight excluding hydrogens is 246 g/mol. The fourth-order valence-electron chi connectivity index (χ4n) is 2.19. The highest BCUT2D eigenvalue weighted by atomic mass is 16.2. The monoisotopic (exact) mass is 263 g/mol. The fraction of sp³-hybridized carbons (Fsp3) is 0.417. The van der Waals surface area contributed by atoms with Gasteiger partial charge in [-0.25, -0.2) is 14.8 Å². The molecule has 3 amide bonds. The number of hydrazine groups is 1. The molecule has 0 unspecified atom stereocenters. The Hall–Kier alpha value is -2.31. The zero-order valence-electron chi connectivity index (χ0n) is 11.0. The molecule has 102 valence electrons. The highest BCUT2D eigenvalue weighted by molar-refractivity contribution is 6.02. The Morgan fingerprint density at radius 1 is 1.32 bits per heavy atom. The molecule has 0 aliphatic carbocycles. The molecule has 7 nitrogen and oxygen atoms in total. The molecule has 2 rings (SSSR count). The largest absolute Gasteiger partial charge is 0.368 e.